The predicted molar refractivity (Wildman–Crippen MR) is 91.3 cm³/mol. The normalized spacial score (nSPS) is 35.1. The number of likely N-dealkylation sites (tertiary alicyclic amines) is 1. The minimum atomic E-state index is -0.733. The molecule has 0 aliphatic carbocycles. The Bertz CT molecular complexity index is 438. The maximum absolute atomic E-state index is 12.3. The van der Waals surface area contributed by atoms with Crippen LogP contribution in [0, 0.1) is 5.92 Å². The van der Waals surface area contributed by atoms with Gasteiger partial charge in [-0.2, -0.15) is 0 Å². The summed E-state index contributed by atoms with van der Waals surface area (Å²) in [6.07, 6.45) is 0.559. The number of carbonyl (C=O) groups is 1. The predicted octanol–water partition coefficient (Wildman–Crippen LogP) is -0.751. The van der Waals surface area contributed by atoms with Gasteiger partial charge in [-0.3, -0.25) is 4.90 Å². The summed E-state index contributed by atoms with van der Waals surface area (Å²) in [6.45, 7) is 6.50. The van der Waals surface area contributed by atoms with Crippen LogP contribution < -0.4 is 5.32 Å². The van der Waals surface area contributed by atoms with Gasteiger partial charge in [0.15, 0.2) is 0 Å². The first-order valence-electron chi connectivity index (χ1n) is 9.39. The molecule has 0 saturated carbocycles. The zero-order chi connectivity index (χ0) is 17.8. The molecule has 0 unspecified atom stereocenters. The van der Waals surface area contributed by atoms with E-state index < -0.39 is 12.2 Å². The molecule has 144 valence electrons. The van der Waals surface area contributed by atoms with Crippen molar-refractivity contribution in [2.24, 2.45) is 5.92 Å². The third-order valence-electron chi connectivity index (χ3n) is 5.63. The van der Waals surface area contributed by atoms with Gasteiger partial charge >= 0.3 is 6.03 Å². The summed E-state index contributed by atoms with van der Waals surface area (Å²) >= 11 is 0. The number of ether oxygens (including phenoxy) is 2. The highest BCUT2D eigenvalue weighted by molar-refractivity contribution is 5.74. The molecule has 3 N–H and O–H groups in total. The monoisotopic (exact) mass is 357 g/mol. The lowest BCUT2D eigenvalue weighted by molar-refractivity contribution is -0.0211. The minimum Gasteiger partial charge on any atom is -0.394 e. The van der Waals surface area contributed by atoms with Gasteiger partial charge in [-0.25, -0.2) is 4.79 Å². The quantitative estimate of drug-likeness (QED) is 0.613. The van der Waals surface area contributed by atoms with Crippen molar-refractivity contribution in [2.45, 2.75) is 44.1 Å². The average Bonchev–Trinajstić information content (AvgIpc) is 2.97. The number of nitrogens with zero attached hydrogens (tertiary/aromatic N) is 2. The van der Waals surface area contributed by atoms with E-state index in [-0.39, 0.29) is 24.8 Å². The summed E-state index contributed by atoms with van der Waals surface area (Å²) in [5.41, 5.74) is 0. The van der Waals surface area contributed by atoms with Crippen LogP contribution in [0.1, 0.15) is 19.8 Å². The Morgan fingerprint density at radius 2 is 1.84 bits per heavy atom. The van der Waals surface area contributed by atoms with E-state index in [1.807, 2.05) is 0 Å². The van der Waals surface area contributed by atoms with Gasteiger partial charge < -0.3 is 29.9 Å². The fraction of sp³-hybridized carbons (Fsp3) is 0.941. The van der Waals surface area contributed by atoms with Crippen LogP contribution in [0.4, 0.5) is 4.79 Å². The fourth-order valence-corrected chi connectivity index (χ4v) is 3.99. The van der Waals surface area contributed by atoms with E-state index in [0.717, 1.165) is 25.9 Å². The number of aliphatic hydroxyl groups excluding tert-OH is 2. The van der Waals surface area contributed by atoms with E-state index in [1.165, 1.54) is 0 Å². The molecule has 0 aromatic carbocycles. The van der Waals surface area contributed by atoms with Crippen LogP contribution in [0.5, 0.6) is 0 Å². The summed E-state index contributed by atoms with van der Waals surface area (Å²) < 4.78 is 11.1. The van der Waals surface area contributed by atoms with Crippen molar-refractivity contribution < 1.29 is 24.5 Å². The zero-order valence-electron chi connectivity index (χ0n) is 15.0. The van der Waals surface area contributed by atoms with Gasteiger partial charge in [-0.05, 0) is 31.8 Å². The zero-order valence-corrected chi connectivity index (χ0v) is 15.0. The molecule has 3 rings (SSSR count). The third kappa shape index (κ3) is 4.43. The second-order valence-corrected chi connectivity index (χ2v) is 7.38. The van der Waals surface area contributed by atoms with Gasteiger partial charge in [0.2, 0.25) is 0 Å². The lowest BCUT2D eigenvalue weighted by Gasteiger charge is -2.38. The van der Waals surface area contributed by atoms with Crippen molar-refractivity contribution >= 4 is 6.03 Å². The van der Waals surface area contributed by atoms with Crippen LogP contribution in [0.3, 0.4) is 0 Å². The molecule has 0 spiro atoms. The highest BCUT2D eigenvalue weighted by Crippen LogP contribution is 2.29. The Labute approximate surface area is 149 Å². The van der Waals surface area contributed by atoms with Gasteiger partial charge in [-0.15, -0.1) is 0 Å². The number of amides is 2. The van der Waals surface area contributed by atoms with E-state index >= 15 is 0 Å². The maximum atomic E-state index is 12.3. The van der Waals surface area contributed by atoms with Gasteiger partial charge in [-0.1, -0.05) is 6.92 Å². The maximum Gasteiger partial charge on any atom is 0.317 e. The highest BCUT2D eigenvalue weighted by atomic mass is 16.5. The molecule has 4 atom stereocenters. The largest absolute Gasteiger partial charge is 0.394 e. The van der Waals surface area contributed by atoms with E-state index in [2.05, 4.69) is 17.1 Å². The van der Waals surface area contributed by atoms with Crippen LogP contribution in [0.15, 0.2) is 0 Å². The number of rotatable bonds is 4. The molecular formula is C17H31N3O5. The summed E-state index contributed by atoms with van der Waals surface area (Å²) in [6, 6.07) is -0.311. The molecule has 3 saturated heterocycles. The van der Waals surface area contributed by atoms with Crippen LogP contribution in [0.2, 0.25) is 0 Å². The molecule has 3 heterocycles. The molecule has 8 nitrogen and oxygen atoms in total. The molecule has 3 aliphatic rings. The number of carbonyl (C=O) groups excluding carboxylic acids is 1. The van der Waals surface area contributed by atoms with E-state index in [4.69, 9.17) is 9.47 Å². The Kier molecular flexibility index (Phi) is 6.51. The topological polar surface area (TPSA) is 94.5 Å². The molecule has 3 aliphatic heterocycles. The van der Waals surface area contributed by atoms with Crippen LogP contribution in [0.25, 0.3) is 0 Å². The van der Waals surface area contributed by atoms with Crippen LogP contribution in [-0.2, 0) is 9.47 Å². The van der Waals surface area contributed by atoms with Crippen molar-refractivity contribution in [3.8, 4) is 0 Å². The van der Waals surface area contributed by atoms with Crippen molar-refractivity contribution in [3.05, 3.63) is 0 Å². The second kappa shape index (κ2) is 8.64. The molecule has 8 heteroatoms. The molecule has 0 aromatic heterocycles. The first kappa shape index (κ1) is 18.8. The number of urea groups is 1. The van der Waals surface area contributed by atoms with Gasteiger partial charge in [0.1, 0.15) is 12.2 Å². The summed E-state index contributed by atoms with van der Waals surface area (Å²) in [7, 11) is 0. The number of hydrogen-bond donors (Lipinski definition) is 3. The highest BCUT2D eigenvalue weighted by Gasteiger charge is 2.46. The third-order valence-corrected chi connectivity index (χ3v) is 5.63. The van der Waals surface area contributed by atoms with E-state index in [0.29, 0.717) is 38.8 Å². The number of piperidine rings is 1. The fourth-order valence-electron chi connectivity index (χ4n) is 3.99. The van der Waals surface area contributed by atoms with E-state index in [1.54, 1.807) is 4.90 Å². The molecule has 2 amide bonds. The Hall–Kier alpha value is -0.930. The molecule has 25 heavy (non-hydrogen) atoms. The first-order valence-corrected chi connectivity index (χ1v) is 9.39. The lowest BCUT2D eigenvalue weighted by Crippen LogP contribution is -2.54. The summed E-state index contributed by atoms with van der Waals surface area (Å²) in [4.78, 5) is 16.3. The summed E-state index contributed by atoms with van der Waals surface area (Å²) in [5.74, 6) is 0.698. The van der Waals surface area contributed by atoms with Crippen molar-refractivity contribution in [1.82, 2.24) is 15.1 Å². The van der Waals surface area contributed by atoms with Crippen molar-refractivity contribution in [2.75, 3.05) is 52.5 Å². The van der Waals surface area contributed by atoms with Gasteiger partial charge in [0.25, 0.3) is 0 Å². The standard InChI is InChI=1S/C17H31N3O5/c1-12-2-4-19(5-3-12)15-13(25-14(11-21)16(15)22)10-18-17(23)20-6-8-24-9-7-20/h12-16,21-22H,2-11H2,1H3,(H,18,23)/t13-,14+,15+,16-/m1/s1. The SMILES string of the molecule is CC1CCN([C@@H]2[C@H](O)[C@H](CO)O[C@@H]2CNC(=O)N2CCOCC2)CC1. The Morgan fingerprint density at radius 3 is 2.48 bits per heavy atom. The minimum absolute atomic E-state index is 0.125. The number of morpholine rings is 1. The molecule has 0 aromatic rings. The van der Waals surface area contributed by atoms with Crippen LogP contribution in [-0.4, -0.2) is 103 Å². The summed E-state index contributed by atoms with van der Waals surface area (Å²) in [5, 5.41) is 23.0. The van der Waals surface area contributed by atoms with Crippen molar-refractivity contribution in [1.29, 1.82) is 0 Å². The lowest BCUT2D eigenvalue weighted by atomic mass is 9.94. The first-order chi connectivity index (χ1) is 12.1. The van der Waals surface area contributed by atoms with Gasteiger partial charge in [0, 0.05) is 19.6 Å². The van der Waals surface area contributed by atoms with E-state index in [9.17, 15) is 15.0 Å². The van der Waals surface area contributed by atoms with Crippen molar-refractivity contribution in [3.63, 3.8) is 0 Å². The molecule has 0 bridgehead atoms. The number of hydrogen-bond acceptors (Lipinski definition) is 6. The Morgan fingerprint density at radius 1 is 1.16 bits per heavy atom. The smallest absolute Gasteiger partial charge is 0.317 e. The van der Waals surface area contributed by atoms with Gasteiger partial charge in [0.05, 0.1) is 32.0 Å². The molecule has 0 radical (unpaired) electrons. The number of aliphatic hydroxyl groups is 2. The Balaban J connectivity index is 1.58. The number of nitrogens with one attached hydrogen (secondary N) is 1. The average molecular weight is 357 g/mol. The molecule has 3 fully saturated rings. The van der Waals surface area contributed by atoms with Crippen LogP contribution >= 0.6 is 0 Å². The second-order valence-electron chi connectivity index (χ2n) is 7.38. The molecular weight excluding hydrogens is 326 g/mol.